The first-order chi connectivity index (χ1) is 9.10. The molecule has 0 saturated heterocycles. The lowest BCUT2D eigenvalue weighted by atomic mass is 10.1. The molecule has 1 aromatic carbocycles. The Labute approximate surface area is 114 Å². The van der Waals surface area contributed by atoms with E-state index in [0.29, 0.717) is 18.5 Å². The fourth-order valence-electron chi connectivity index (χ4n) is 1.68. The molecule has 2 rings (SSSR count). The summed E-state index contributed by atoms with van der Waals surface area (Å²) in [4.78, 5) is 4.87. The molecule has 0 spiro atoms. The largest absolute Gasteiger partial charge is 0.482 e. The van der Waals surface area contributed by atoms with E-state index in [1.807, 2.05) is 6.92 Å². The van der Waals surface area contributed by atoms with Crippen LogP contribution in [0.2, 0.25) is 0 Å². The predicted octanol–water partition coefficient (Wildman–Crippen LogP) is 2.81. The molecule has 0 fully saturated rings. The zero-order valence-corrected chi connectivity index (χ0v) is 11.3. The Kier molecular flexibility index (Phi) is 4.44. The number of thiazole rings is 1. The zero-order chi connectivity index (χ0) is 13.8. The highest BCUT2D eigenvalue weighted by Crippen LogP contribution is 2.25. The zero-order valence-electron chi connectivity index (χ0n) is 10.5. The molecule has 19 heavy (non-hydrogen) atoms. The van der Waals surface area contributed by atoms with Crippen molar-refractivity contribution < 1.29 is 13.5 Å². The van der Waals surface area contributed by atoms with Crippen LogP contribution < -0.4 is 10.5 Å². The highest BCUT2D eigenvalue weighted by atomic mass is 32.1. The summed E-state index contributed by atoms with van der Waals surface area (Å²) in [5.74, 6) is -1.76. The van der Waals surface area contributed by atoms with Crippen LogP contribution in [0.3, 0.4) is 0 Å². The number of aromatic nitrogens is 1. The van der Waals surface area contributed by atoms with Crippen molar-refractivity contribution in [2.45, 2.75) is 20.0 Å². The number of hydrogen-bond acceptors (Lipinski definition) is 4. The first-order valence-corrected chi connectivity index (χ1v) is 6.64. The summed E-state index contributed by atoms with van der Waals surface area (Å²) in [7, 11) is 0. The molecule has 0 radical (unpaired) electrons. The molecule has 0 aliphatic rings. The second-order valence-electron chi connectivity index (χ2n) is 4.06. The van der Waals surface area contributed by atoms with Gasteiger partial charge in [-0.2, -0.15) is 0 Å². The van der Waals surface area contributed by atoms with Gasteiger partial charge in [0, 0.05) is 6.20 Å². The minimum atomic E-state index is -0.704. The van der Waals surface area contributed by atoms with Gasteiger partial charge in [0.05, 0.1) is 9.88 Å². The molecule has 1 aromatic heterocycles. The van der Waals surface area contributed by atoms with Gasteiger partial charge in [-0.25, -0.2) is 13.8 Å². The summed E-state index contributed by atoms with van der Waals surface area (Å²) in [6.07, 6.45) is 2.07. The van der Waals surface area contributed by atoms with Crippen molar-refractivity contribution >= 4 is 11.3 Å². The van der Waals surface area contributed by atoms with Crippen LogP contribution in [0.4, 0.5) is 8.78 Å². The van der Waals surface area contributed by atoms with Crippen LogP contribution in [-0.2, 0) is 13.0 Å². The predicted molar refractivity (Wildman–Crippen MR) is 70.3 cm³/mol. The number of rotatable bonds is 5. The van der Waals surface area contributed by atoms with E-state index in [2.05, 4.69) is 4.98 Å². The Morgan fingerprint density at radius 2 is 2.00 bits per heavy atom. The number of aryl methyl sites for hydroxylation is 1. The molecule has 0 saturated carbocycles. The van der Waals surface area contributed by atoms with Gasteiger partial charge in [0.1, 0.15) is 6.61 Å². The van der Waals surface area contributed by atoms with Gasteiger partial charge in [0.2, 0.25) is 0 Å². The first kappa shape index (κ1) is 13.9. The Balaban J connectivity index is 2.11. The molecule has 102 valence electrons. The minimum Gasteiger partial charge on any atom is -0.482 e. The second-order valence-corrected chi connectivity index (χ2v) is 5.38. The number of benzene rings is 1. The molecule has 0 atom stereocenters. The molecule has 1 heterocycles. The molecule has 6 heteroatoms. The van der Waals surface area contributed by atoms with E-state index in [1.54, 1.807) is 6.20 Å². The Hall–Kier alpha value is -1.53. The van der Waals surface area contributed by atoms with Gasteiger partial charge < -0.3 is 10.5 Å². The lowest BCUT2D eigenvalue weighted by Gasteiger charge is -2.09. The maximum Gasteiger partial charge on any atom is 0.191 e. The van der Waals surface area contributed by atoms with Gasteiger partial charge in [-0.05, 0) is 37.6 Å². The Bertz CT molecular complexity index is 549. The summed E-state index contributed by atoms with van der Waals surface area (Å²) in [5, 5.41) is 0.887. The van der Waals surface area contributed by atoms with Crippen molar-refractivity contribution in [1.82, 2.24) is 4.98 Å². The van der Waals surface area contributed by atoms with Crippen LogP contribution in [0.5, 0.6) is 5.75 Å². The molecule has 2 aromatic rings. The molecular weight excluding hydrogens is 270 g/mol. The minimum absolute atomic E-state index is 0.107. The highest BCUT2D eigenvalue weighted by Gasteiger charge is 2.13. The molecule has 0 aliphatic carbocycles. The quantitative estimate of drug-likeness (QED) is 0.918. The van der Waals surface area contributed by atoms with E-state index in [-0.39, 0.29) is 12.4 Å². The fourth-order valence-corrected chi connectivity index (χ4v) is 2.38. The molecular formula is C13H14F2N2OS. The average molecular weight is 284 g/mol. The van der Waals surface area contributed by atoms with E-state index in [0.717, 1.165) is 9.88 Å². The van der Waals surface area contributed by atoms with E-state index in [4.69, 9.17) is 10.5 Å². The number of halogens is 2. The van der Waals surface area contributed by atoms with Crippen molar-refractivity contribution in [3.05, 3.63) is 45.4 Å². The van der Waals surface area contributed by atoms with E-state index in [9.17, 15) is 8.78 Å². The molecule has 0 bridgehead atoms. The Morgan fingerprint density at radius 3 is 2.53 bits per heavy atom. The third kappa shape index (κ3) is 3.48. The SMILES string of the molecule is Cc1ncc(COc2c(F)cc(CCN)cc2F)s1. The topological polar surface area (TPSA) is 48.1 Å². The average Bonchev–Trinajstić information content (AvgIpc) is 2.74. The van der Waals surface area contributed by atoms with Gasteiger partial charge in [-0.15, -0.1) is 11.3 Å². The first-order valence-electron chi connectivity index (χ1n) is 5.82. The van der Waals surface area contributed by atoms with Crippen molar-refractivity contribution in [2.24, 2.45) is 5.73 Å². The number of ether oxygens (including phenoxy) is 1. The summed E-state index contributed by atoms with van der Waals surface area (Å²) in [6.45, 7) is 2.31. The standard InChI is InChI=1S/C13H14F2N2OS/c1-8-17-6-10(19-8)7-18-13-11(14)4-9(2-3-16)5-12(13)15/h4-6H,2-3,7,16H2,1H3. The van der Waals surface area contributed by atoms with Crippen LogP contribution in [-0.4, -0.2) is 11.5 Å². The Morgan fingerprint density at radius 1 is 1.32 bits per heavy atom. The lowest BCUT2D eigenvalue weighted by Crippen LogP contribution is -2.05. The van der Waals surface area contributed by atoms with Crippen molar-refractivity contribution in [3.8, 4) is 5.75 Å². The van der Waals surface area contributed by atoms with Gasteiger partial charge in [0.25, 0.3) is 0 Å². The smallest absolute Gasteiger partial charge is 0.191 e. The number of nitrogens with zero attached hydrogens (tertiary/aromatic N) is 1. The summed E-state index contributed by atoms with van der Waals surface area (Å²) < 4.78 is 32.6. The summed E-state index contributed by atoms with van der Waals surface area (Å²) in [6, 6.07) is 2.51. The monoisotopic (exact) mass is 284 g/mol. The van der Waals surface area contributed by atoms with Crippen molar-refractivity contribution in [2.75, 3.05) is 6.54 Å². The molecule has 0 unspecified atom stereocenters. The molecule has 0 aliphatic heterocycles. The summed E-state index contributed by atoms with van der Waals surface area (Å²) in [5.41, 5.74) is 5.88. The highest BCUT2D eigenvalue weighted by molar-refractivity contribution is 7.11. The van der Waals surface area contributed by atoms with E-state index < -0.39 is 11.6 Å². The maximum absolute atomic E-state index is 13.7. The summed E-state index contributed by atoms with van der Waals surface area (Å²) >= 11 is 1.43. The van der Waals surface area contributed by atoms with Crippen LogP contribution in [0.25, 0.3) is 0 Å². The fraction of sp³-hybridized carbons (Fsp3) is 0.308. The maximum atomic E-state index is 13.7. The molecule has 2 N–H and O–H groups in total. The normalized spacial score (nSPS) is 10.7. The van der Waals surface area contributed by atoms with Gasteiger partial charge in [-0.1, -0.05) is 0 Å². The van der Waals surface area contributed by atoms with E-state index in [1.165, 1.54) is 23.5 Å². The number of nitrogens with two attached hydrogens (primary N) is 1. The third-order valence-corrected chi connectivity index (χ3v) is 3.41. The van der Waals surface area contributed by atoms with Crippen LogP contribution in [0.1, 0.15) is 15.4 Å². The van der Waals surface area contributed by atoms with E-state index >= 15 is 0 Å². The van der Waals surface area contributed by atoms with Crippen LogP contribution in [0.15, 0.2) is 18.3 Å². The van der Waals surface area contributed by atoms with Gasteiger partial charge >= 0.3 is 0 Å². The van der Waals surface area contributed by atoms with Crippen molar-refractivity contribution in [1.29, 1.82) is 0 Å². The van der Waals surface area contributed by atoms with Crippen LogP contribution >= 0.6 is 11.3 Å². The third-order valence-electron chi connectivity index (χ3n) is 2.52. The lowest BCUT2D eigenvalue weighted by molar-refractivity contribution is 0.276. The second kappa shape index (κ2) is 6.08. The van der Waals surface area contributed by atoms with Crippen molar-refractivity contribution in [3.63, 3.8) is 0 Å². The van der Waals surface area contributed by atoms with Gasteiger partial charge in [-0.3, -0.25) is 0 Å². The molecule has 3 nitrogen and oxygen atoms in total. The van der Waals surface area contributed by atoms with Crippen LogP contribution in [0, 0.1) is 18.6 Å². The molecule has 0 amide bonds. The number of hydrogen-bond donors (Lipinski definition) is 1. The van der Waals surface area contributed by atoms with Gasteiger partial charge in [0.15, 0.2) is 17.4 Å².